The first kappa shape index (κ1) is 13.4. The van der Waals surface area contributed by atoms with Crippen LogP contribution < -0.4 is 4.74 Å². The van der Waals surface area contributed by atoms with Crippen LogP contribution in [0.2, 0.25) is 5.02 Å². The van der Waals surface area contributed by atoms with E-state index >= 15 is 0 Å². The lowest BCUT2D eigenvalue weighted by atomic mass is 10.2. The molecule has 3 rings (SSSR count). The Morgan fingerprint density at radius 3 is 2.80 bits per heavy atom. The van der Waals surface area contributed by atoms with Gasteiger partial charge in [-0.05, 0) is 31.0 Å². The molecule has 104 valence electrons. The highest BCUT2D eigenvalue weighted by Crippen LogP contribution is 2.44. The van der Waals surface area contributed by atoms with Gasteiger partial charge in [-0.25, -0.2) is 9.78 Å². The molecule has 0 atom stereocenters. The van der Waals surface area contributed by atoms with Crippen molar-refractivity contribution < 1.29 is 14.6 Å². The zero-order chi connectivity index (χ0) is 14.3. The van der Waals surface area contributed by atoms with Crippen molar-refractivity contribution in [3.8, 4) is 16.3 Å². The third-order valence-corrected chi connectivity index (χ3v) is 4.61. The number of carbonyl (C=O) groups is 1. The third-order valence-electron chi connectivity index (χ3n) is 3.21. The second-order valence-corrected chi connectivity index (χ2v) is 6.07. The standard InChI is InChI=1S/C14H12ClNO3S/c1-19-10-5-4-8(6-9(10)15)13-16-11(7-2-3-7)12(20-13)14(17)18/h4-7H,2-3H2,1H3,(H,17,18). The van der Waals surface area contributed by atoms with Gasteiger partial charge in [0.2, 0.25) is 0 Å². The van der Waals surface area contributed by atoms with Gasteiger partial charge < -0.3 is 9.84 Å². The summed E-state index contributed by atoms with van der Waals surface area (Å²) >= 11 is 7.30. The van der Waals surface area contributed by atoms with Crippen LogP contribution in [-0.2, 0) is 0 Å². The Labute approximate surface area is 125 Å². The molecular weight excluding hydrogens is 298 g/mol. The van der Waals surface area contributed by atoms with Crippen molar-refractivity contribution in [3.63, 3.8) is 0 Å². The normalized spacial score (nSPS) is 14.3. The van der Waals surface area contributed by atoms with Crippen LogP contribution in [0.5, 0.6) is 5.75 Å². The van der Waals surface area contributed by atoms with Gasteiger partial charge in [0.05, 0.1) is 17.8 Å². The molecule has 1 aromatic carbocycles. The molecule has 4 nitrogen and oxygen atoms in total. The van der Waals surface area contributed by atoms with E-state index in [9.17, 15) is 9.90 Å². The molecule has 0 bridgehead atoms. The molecule has 1 heterocycles. The number of benzene rings is 1. The number of hydrogen-bond acceptors (Lipinski definition) is 4. The number of aromatic carboxylic acids is 1. The average molecular weight is 310 g/mol. The van der Waals surface area contributed by atoms with Gasteiger partial charge in [0.1, 0.15) is 15.6 Å². The van der Waals surface area contributed by atoms with Gasteiger partial charge in [-0.15, -0.1) is 11.3 Å². The number of carboxylic acids is 1. The summed E-state index contributed by atoms with van der Waals surface area (Å²) < 4.78 is 5.11. The lowest BCUT2D eigenvalue weighted by Gasteiger charge is -2.03. The van der Waals surface area contributed by atoms with E-state index in [4.69, 9.17) is 16.3 Å². The van der Waals surface area contributed by atoms with Gasteiger partial charge >= 0.3 is 5.97 Å². The van der Waals surface area contributed by atoms with Gasteiger partial charge in [-0.1, -0.05) is 11.6 Å². The molecule has 6 heteroatoms. The van der Waals surface area contributed by atoms with E-state index in [1.165, 1.54) is 11.3 Å². The zero-order valence-electron chi connectivity index (χ0n) is 10.7. The molecule has 1 saturated carbocycles. The number of halogens is 1. The fraction of sp³-hybridized carbons (Fsp3) is 0.286. The summed E-state index contributed by atoms with van der Waals surface area (Å²) in [7, 11) is 1.55. The second kappa shape index (κ2) is 5.07. The molecule has 0 spiro atoms. The first-order valence-corrected chi connectivity index (χ1v) is 7.37. The molecule has 1 aliphatic rings. The summed E-state index contributed by atoms with van der Waals surface area (Å²) in [4.78, 5) is 16.1. The Morgan fingerprint density at radius 2 is 2.25 bits per heavy atom. The predicted octanol–water partition coefficient (Wildman–Crippen LogP) is 4.05. The van der Waals surface area contributed by atoms with E-state index in [1.54, 1.807) is 19.2 Å². The SMILES string of the molecule is COc1ccc(-c2nc(C3CC3)c(C(=O)O)s2)cc1Cl. The summed E-state index contributed by atoms with van der Waals surface area (Å²) in [5.74, 6) is -0.0112. The number of nitrogens with zero attached hydrogens (tertiary/aromatic N) is 1. The van der Waals surface area contributed by atoms with Crippen molar-refractivity contribution in [2.45, 2.75) is 18.8 Å². The molecule has 0 radical (unpaired) electrons. The topological polar surface area (TPSA) is 59.4 Å². The van der Waals surface area contributed by atoms with Gasteiger partial charge in [0.25, 0.3) is 0 Å². The summed E-state index contributed by atoms with van der Waals surface area (Å²) in [6.45, 7) is 0. The van der Waals surface area contributed by atoms with E-state index in [1.807, 2.05) is 6.07 Å². The van der Waals surface area contributed by atoms with E-state index in [0.29, 0.717) is 32.3 Å². The molecular formula is C14H12ClNO3S. The maximum atomic E-state index is 11.3. The molecule has 20 heavy (non-hydrogen) atoms. The second-order valence-electron chi connectivity index (χ2n) is 4.66. The molecule has 1 aliphatic carbocycles. The lowest BCUT2D eigenvalue weighted by Crippen LogP contribution is -1.97. The average Bonchev–Trinajstić information content (AvgIpc) is 3.17. The van der Waals surface area contributed by atoms with Crippen molar-refractivity contribution in [2.75, 3.05) is 7.11 Å². The number of aromatic nitrogens is 1. The molecule has 0 aliphatic heterocycles. The molecule has 0 saturated heterocycles. The Hall–Kier alpha value is -1.59. The van der Waals surface area contributed by atoms with Crippen LogP contribution >= 0.6 is 22.9 Å². The van der Waals surface area contributed by atoms with Crippen LogP contribution in [0.4, 0.5) is 0 Å². The molecule has 2 aromatic rings. The Kier molecular flexibility index (Phi) is 3.40. The van der Waals surface area contributed by atoms with Crippen molar-refractivity contribution >= 4 is 28.9 Å². The molecule has 1 fully saturated rings. The molecule has 1 aromatic heterocycles. The molecule has 0 unspecified atom stereocenters. The minimum absolute atomic E-state index is 0.305. The monoisotopic (exact) mass is 309 g/mol. The smallest absolute Gasteiger partial charge is 0.347 e. The fourth-order valence-corrected chi connectivity index (χ4v) is 3.29. The van der Waals surface area contributed by atoms with Crippen LogP contribution in [-0.4, -0.2) is 23.2 Å². The Morgan fingerprint density at radius 1 is 1.50 bits per heavy atom. The first-order valence-electron chi connectivity index (χ1n) is 6.18. The van der Waals surface area contributed by atoms with E-state index in [0.717, 1.165) is 18.4 Å². The van der Waals surface area contributed by atoms with Gasteiger partial charge in [0.15, 0.2) is 0 Å². The highest BCUT2D eigenvalue weighted by Gasteiger charge is 2.32. The Bertz CT molecular complexity index is 679. The number of methoxy groups -OCH3 is 1. The fourth-order valence-electron chi connectivity index (χ4n) is 2.04. The maximum Gasteiger partial charge on any atom is 0.347 e. The summed E-state index contributed by atoms with van der Waals surface area (Å²) in [6.07, 6.45) is 2.04. The highest BCUT2D eigenvalue weighted by molar-refractivity contribution is 7.17. The van der Waals surface area contributed by atoms with Gasteiger partial charge in [0, 0.05) is 11.5 Å². The summed E-state index contributed by atoms with van der Waals surface area (Å²) in [5.41, 5.74) is 1.53. The highest BCUT2D eigenvalue weighted by atomic mass is 35.5. The molecule has 1 N–H and O–H groups in total. The van der Waals surface area contributed by atoms with Crippen LogP contribution in [0.15, 0.2) is 18.2 Å². The molecule has 0 amide bonds. The lowest BCUT2D eigenvalue weighted by molar-refractivity contribution is 0.0700. The van der Waals surface area contributed by atoms with E-state index in [2.05, 4.69) is 4.98 Å². The van der Waals surface area contributed by atoms with Crippen molar-refractivity contribution in [2.24, 2.45) is 0 Å². The summed E-state index contributed by atoms with van der Waals surface area (Å²) in [6, 6.07) is 5.35. The van der Waals surface area contributed by atoms with Crippen LogP contribution in [0.25, 0.3) is 10.6 Å². The van der Waals surface area contributed by atoms with Crippen molar-refractivity contribution in [1.29, 1.82) is 0 Å². The number of rotatable bonds is 4. The van der Waals surface area contributed by atoms with Crippen molar-refractivity contribution in [1.82, 2.24) is 4.98 Å². The largest absolute Gasteiger partial charge is 0.495 e. The van der Waals surface area contributed by atoms with E-state index < -0.39 is 5.97 Å². The number of carboxylic acid groups (broad SMARTS) is 1. The van der Waals surface area contributed by atoms with Crippen molar-refractivity contribution in [3.05, 3.63) is 33.8 Å². The minimum atomic E-state index is -0.907. The maximum absolute atomic E-state index is 11.3. The predicted molar refractivity (Wildman–Crippen MR) is 78.0 cm³/mol. The van der Waals surface area contributed by atoms with Crippen LogP contribution in [0, 0.1) is 0 Å². The van der Waals surface area contributed by atoms with Crippen LogP contribution in [0.1, 0.15) is 34.1 Å². The number of ether oxygens (including phenoxy) is 1. The third kappa shape index (κ3) is 2.39. The quantitative estimate of drug-likeness (QED) is 0.925. The minimum Gasteiger partial charge on any atom is -0.495 e. The zero-order valence-corrected chi connectivity index (χ0v) is 12.3. The van der Waals surface area contributed by atoms with Gasteiger partial charge in [-0.3, -0.25) is 0 Å². The first-order chi connectivity index (χ1) is 9.60. The van der Waals surface area contributed by atoms with Gasteiger partial charge in [-0.2, -0.15) is 0 Å². The number of thiazole rings is 1. The number of hydrogen-bond donors (Lipinski definition) is 1. The Balaban J connectivity index is 2.03. The summed E-state index contributed by atoms with van der Waals surface area (Å²) in [5, 5.41) is 10.4. The van der Waals surface area contributed by atoms with Crippen LogP contribution in [0.3, 0.4) is 0 Å². The van der Waals surface area contributed by atoms with E-state index in [-0.39, 0.29) is 0 Å².